The molecule has 0 aliphatic carbocycles. The molecule has 2 aliphatic rings. The molecule has 2 aromatic rings. The van der Waals surface area contributed by atoms with Gasteiger partial charge in [-0.1, -0.05) is 60.7 Å². The summed E-state index contributed by atoms with van der Waals surface area (Å²) in [4.78, 5) is 30.5. The zero-order valence-corrected chi connectivity index (χ0v) is 16.2. The van der Waals surface area contributed by atoms with Gasteiger partial charge in [0.1, 0.15) is 0 Å². The summed E-state index contributed by atoms with van der Waals surface area (Å²) in [5.41, 5.74) is 2.55. The van der Waals surface area contributed by atoms with Gasteiger partial charge < -0.3 is 9.80 Å². The van der Waals surface area contributed by atoms with E-state index in [1.165, 1.54) is 11.1 Å². The molecule has 0 bridgehead atoms. The minimum atomic E-state index is 0.0749. The maximum Gasteiger partial charge on any atom is 0.242 e. The van der Waals surface area contributed by atoms with E-state index in [9.17, 15) is 9.59 Å². The van der Waals surface area contributed by atoms with Crippen molar-refractivity contribution in [1.82, 2.24) is 14.7 Å². The lowest BCUT2D eigenvalue weighted by Gasteiger charge is -2.40. The Labute approximate surface area is 166 Å². The zero-order valence-electron chi connectivity index (χ0n) is 16.2. The van der Waals surface area contributed by atoms with Crippen molar-refractivity contribution >= 4 is 11.8 Å². The van der Waals surface area contributed by atoms with Crippen molar-refractivity contribution in [1.29, 1.82) is 0 Å². The Hall–Kier alpha value is -2.66. The molecule has 2 aromatic carbocycles. The van der Waals surface area contributed by atoms with Crippen LogP contribution in [0.3, 0.4) is 0 Å². The maximum atomic E-state index is 12.6. The van der Waals surface area contributed by atoms with E-state index in [2.05, 4.69) is 53.4 Å². The number of amides is 2. The van der Waals surface area contributed by atoms with Crippen LogP contribution in [0.15, 0.2) is 60.7 Å². The molecule has 0 radical (unpaired) electrons. The third-order valence-corrected chi connectivity index (χ3v) is 5.76. The molecular formula is C23H27N3O2. The van der Waals surface area contributed by atoms with Crippen LogP contribution in [-0.4, -0.2) is 65.8 Å². The fraction of sp³-hybridized carbons (Fsp3) is 0.391. The largest absolute Gasteiger partial charge is 0.339 e. The average Bonchev–Trinajstić information content (AvgIpc) is 3.15. The van der Waals surface area contributed by atoms with Gasteiger partial charge >= 0.3 is 0 Å². The number of likely N-dealkylation sites (tertiary alicyclic amines) is 1. The molecule has 4 rings (SSSR count). The highest BCUT2D eigenvalue weighted by Gasteiger charge is 2.30. The van der Waals surface area contributed by atoms with Crippen LogP contribution in [0.25, 0.3) is 0 Å². The summed E-state index contributed by atoms with van der Waals surface area (Å²) in [5, 5.41) is 0. The van der Waals surface area contributed by atoms with Crippen molar-refractivity contribution in [2.45, 2.75) is 18.9 Å². The summed E-state index contributed by atoms with van der Waals surface area (Å²) in [7, 11) is 0. The minimum absolute atomic E-state index is 0.0749. The van der Waals surface area contributed by atoms with E-state index in [-0.39, 0.29) is 24.4 Å². The second-order valence-electron chi connectivity index (χ2n) is 7.56. The predicted octanol–water partition coefficient (Wildman–Crippen LogP) is 2.54. The van der Waals surface area contributed by atoms with Crippen molar-refractivity contribution in [2.75, 3.05) is 39.3 Å². The molecule has 0 unspecified atom stereocenters. The van der Waals surface area contributed by atoms with Crippen molar-refractivity contribution in [3.63, 3.8) is 0 Å². The first kappa shape index (κ1) is 18.7. The Morgan fingerprint density at radius 2 is 1.39 bits per heavy atom. The van der Waals surface area contributed by atoms with E-state index in [1.54, 1.807) is 4.90 Å². The molecule has 5 heteroatoms. The molecule has 0 aromatic heterocycles. The Morgan fingerprint density at radius 3 is 1.89 bits per heavy atom. The van der Waals surface area contributed by atoms with Crippen LogP contribution in [0.2, 0.25) is 0 Å². The van der Waals surface area contributed by atoms with Crippen molar-refractivity contribution in [3.05, 3.63) is 71.8 Å². The number of carbonyl (C=O) groups is 2. The van der Waals surface area contributed by atoms with Gasteiger partial charge in [-0.25, -0.2) is 0 Å². The van der Waals surface area contributed by atoms with E-state index in [0.717, 1.165) is 19.5 Å². The molecule has 5 nitrogen and oxygen atoms in total. The van der Waals surface area contributed by atoms with E-state index >= 15 is 0 Å². The molecule has 2 heterocycles. The van der Waals surface area contributed by atoms with Crippen LogP contribution in [-0.2, 0) is 9.59 Å². The first-order valence-corrected chi connectivity index (χ1v) is 10.1. The van der Waals surface area contributed by atoms with E-state index in [1.807, 2.05) is 17.0 Å². The van der Waals surface area contributed by atoms with Gasteiger partial charge in [0.2, 0.25) is 11.8 Å². The lowest BCUT2D eigenvalue weighted by molar-refractivity contribution is -0.139. The number of nitrogens with zero attached hydrogens (tertiary/aromatic N) is 3. The highest BCUT2D eigenvalue weighted by atomic mass is 16.2. The molecule has 2 fully saturated rings. The van der Waals surface area contributed by atoms with Gasteiger partial charge in [-0.3, -0.25) is 14.5 Å². The van der Waals surface area contributed by atoms with Gasteiger partial charge in [-0.05, 0) is 17.5 Å². The second kappa shape index (κ2) is 8.57. The number of hydrogen-bond donors (Lipinski definition) is 0. The van der Waals surface area contributed by atoms with Gasteiger partial charge in [0.15, 0.2) is 0 Å². The monoisotopic (exact) mass is 377 g/mol. The lowest BCUT2D eigenvalue weighted by atomic mass is 9.96. The van der Waals surface area contributed by atoms with Crippen LogP contribution in [0.1, 0.15) is 30.0 Å². The van der Waals surface area contributed by atoms with E-state index in [4.69, 9.17) is 0 Å². The summed E-state index contributed by atoms with van der Waals surface area (Å²) in [5.74, 6) is 0.186. The predicted molar refractivity (Wildman–Crippen MR) is 109 cm³/mol. The van der Waals surface area contributed by atoms with Crippen molar-refractivity contribution in [2.24, 2.45) is 0 Å². The van der Waals surface area contributed by atoms with Gasteiger partial charge in [-0.2, -0.15) is 0 Å². The molecule has 2 saturated heterocycles. The summed E-state index contributed by atoms with van der Waals surface area (Å²) in [6.07, 6.45) is 1.45. The summed E-state index contributed by atoms with van der Waals surface area (Å²) in [6.45, 7) is 4.02. The number of hydrogen-bond acceptors (Lipinski definition) is 3. The van der Waals surface area contributed by atoms with Crippen LogP contribution in [0.5, 0.6) is 0 Å². The summed E-state index contributed by atoms with van der Waals surface area (Å²) < 4.78 is 0. The normalized spacial score (nSPS) is 18.1. The molecule has 0 atom stereocenters. The molecular weight excluding hydrogens is 350 g/mol. The third kappa shape index (κ3) is 4.09. The van der Waals surface area contributed by atoms with Crippen molar-refractivity contribution < 1.29 is 9.59 Å². The van der Waals surface area contributed by atoms with E-state index in [0.29, 0.717) is 26.1 Å². The zero-order chi connectivity index (χ0) is 19.3. The van der Waals surface area contributed by atoms with E-state index < -0.39 is 0 Å². The van der Waals surface area contributed by atoms with Crippen LogP contribution in [0.4, 0.5) is 0 Å². The summed E-state index contributed by atoms with van der Waals surface area (Å²) in [6, 6.07) is 21.3. The fourth-order valence-corrected chi connectivity index (χ4v) is 4.25. The molecule has 2 amide bonds. The number of carbonyl (C=O) groups excluding carboxylic acids is 2. The molecule has 0 saturated carbocycles. The van der Waals surface area contributed by atoms with Gasteiger partial charge in [0.25, 0.3) is 0 Å². The van der Waals surface area contributed by atoms with Crippen molar-refractivity contribution in [3.8, 4) is 0 Å². The highest BCUT2D eigenvalue weighted by Crippen LogP contribution is 2.29. The second-order valence-corrected chi connectivity index (χ2v) is 7.56. The number of rotatable bonds is 5. The third-order valence-electron chi connectivity index (χ3n) is 5.76. The molecule has 146 valence electrons. The first-order valence-electron chi connectivity index (χ1n) is 10.1. The number of piperazine rings is 1. The average molecular weight is 377 g/mol. The molecule has 28 heavy (non-hydrogen) atoms. The van der Waals surface area contributed by atoms with Gasteiger partial charge in [-0.15, -0.1) is 0 Å². The molecule has 0 N–H and O–H groups in total. The smallest absolute Gasteiger partial charge is 0.242 e. The first-order chi connectivity index (χ1) is 13.7. The molecule has 2 aliphatic heterocycles. The quantitative estimate of drug-likeness (QED) is 0.804. The fourth-order valence-electron chi connectivity index (χ4n) is 4.25. The van der Waals surface area contributed by atoms with Gasteiger partial charge in [0.05, 0.1) is 12.6 Å². The van der Waals surface area contributed by atoms with Crippen LogP contribution < -0.4 is 0 Å². The highest BCUT2D eigenvalue weighted by molar-refractivity contribution is 5.85. The standard InChI is InChI=1S/C23H27N3O2/c27-21-12-7-13-26(21)18-22(28)24-14-16-25(17-15-24)23(19-8-3-1-4-9-19)20-10-5-2-6-11-20/h1-6,8-11,23H,7,12-18H2. The lowest BCUT2D eigenvalue weighted by Crippen LogP contribution is -2.52. The Bertz CT molecular complexity index is 762. The van der Waals surface area contributed by atoms with Crippen LogP contribution >= 0.6 is 0 Å². The summed E-state index contributed by atoms with van der Waals surface area (Å²) >= 11 is 0. The van der Waals surface area contributed by atoms with Gasteiger partial charge in [0, 0.05) is 39.1 Å². The Balaban J connectivity index is 1.43. The SMILES string of the molecule is O=C(CN1CCCC1=O)N1CCN(C(c2ccccc2)c2ccccc2)CC1. The minimum Gasteiger partial charge on any atom is -0.339 e. The number of benzene rings is 2. The Morgan fingerprint density at radius 1 is 0.821 bits per heavy atom. The van der Waals surface area contributed by atoms with Crippen LogP contribution in [0, 0.1) is 0 Å². The molecule has 0 spiro atoms. The topological polar surface area (TPSA) is 43.9 Å². The maximum absolute atomic E-state index is 12.6. The Kier molecular flexibility index (Phi) is 5.72.